The fourth-order valence-corrected chi connectivity index (χ4v) is 2.10. The molecule has 1 heterocycles. The number of aliphatic hydroxyl groups is 1. The molecule has 1 atom stereocenters. The molecule has 1 aliphatic heterocycles. The van der Waals surface area contributed by atoms with Gasteiger partial charge in [-0.05, 0) is 24.1 Å². The van der Waals surface area contributed by atoms with Crippen LogP contribution in [0.3, 0.4) is 0 Å². The molecule has 0 aliphatic carbocycles. The standard InChI is InChI=1S/C13H17NO2/c1-2-10-4-3-5-12(6-10)14-8-11(9-15)7-13(14)16/h3-6,11,15H,2,7-9H2,1H3. The van der Waals surface area contributed by atoms with E-state index in [4.69, 9.17) is 5.11 Å². The number of aliphatic hydroxyl groups excluding tert-OH is 1. The molecule has 1 amide bonds. The van der Waals surface area contributed by atoms with Crippen LogP contribution in [0.5, 0.6) is 0 Å². The van der Waals surface area contributed by atoms with E-state index in [0.29, 0.717) is 13.0 Å². The summed E-state index contributed by atoms with van der Waals surface area (Å²) >= 11 is 0. The molecule has 1 fully saturated rings. The summed E-state index contributed by atoms with van der Waals surface area (Å²) in [6.45, 7) is 2.83. The SMILES string of the molecule is CCc1cccc(N2CC(CO)CC2=O)c1. The van der Waals surface area contributed by atoms with Gasteiger partial charge in [-0.3, -0.25) is 4.79 Å². The zero-order valence-corrected chi connectivity index (χ0v) is 9.52. The molecule has 16 heavy (non-hydrogen) atoms. The second kappa shape index (κ2) is 4.66. The molecule has 1 unspecified atom stereocenters. The van der Waals surface area contributed by atoms with E-state index in [1.54, 1.807) is 4.90 Å². The van der Waals surface area contributed by atoms with Crippen molar-refractivity contribution in [1.29, 1.82) is 0 Å². The van der Waals surface area contributed by atoms with E-state index in [2.05, 4.69) is 19.1 Å². The molecule has 1 aromatic carbocycles. The minimum atomic E-state index is 0.0930. The number of anilines is 1. The quantitative estimate of drug-likeness (QED) is 0.838. The van der Waals surface area contributed by atoms with E-state index < -0.39 is 0 Å². The normalized spacial score (nSPS) is 20.5. The van der Waals surface area contributed by atoms with E-state index in [1.807, 2.05) is 12.1 Å². The van der Waals surface area contributed by atoms with Crippen molar-refractivity contribution in [2.45, 2.75) is 19.8 Å². The number of benzene rings is 1. The maximum atomic E-state index is 11.8. The van der Waals surface area contributed by atoms with Gasteiger partial charge in [-0.15, -0.1) is 0 Å². The van der Waals surface area contributed by atoms with Crippen molar-refractivity contribution in [1.82, 2.24) is 0 Å². The predicted molar refractivity (Wildman–Crippen MR) is 63.4 cm³/mol. The first-order valence-electron chi connectivity index (χ1n) is 5.74. The average Bonchev–Trinajstić information content (AvgIpc) is 2.71. The molecule has 1 N–H and O–H groups in total. The van der Waals surface area contributed by atoms with Gasteiger partial charge in [0, 0.05) is 31.2 Å². The maximum Gasteiger partial charge on any atom is 0.227 e. The molecule has 86 valence electrons. The van der Waals surface area contributed by atoms with Crippen molar-refractivity contribution in [3.8, 4) is 0 Å². The molecule has 1 aliphatic rings. The Morgan fingerprint density at radius 3 is 2.94 bits per heavy atom. The van der Waals surface area contributed by atoms with Gasteiger partial charge in [0.25, 0.3) is 0 Å². The fraction of sp³-hybridized carbons (Fsp3) is 0.462. The van der Waals surface area contributed by atoms with Crippen LogP contribution >= 0.6 is 0 Å². The number of rotatable bonds is 3. The molecule has 2 rings (SSSR count). The molecule has 3 heteroatoms. The Hall–Kier alpha value is -1.35. The molecular formula is C13H17NO2. The minimum Gasteiger partial charge on any atom is -0.396 e. The first-order valence-corrected chi connectivity index (χ1v) is 5.74. The fourth-order valence-electron chi connectivity index (χ4n) is 2.10. The molecule has 0 saturated carbocycles. The van der Waals surface area contributed by atoms with Crippen LogP contribution in [0.2, 0.25) is 0 Å². The highest BCUT2D eigenvalue weighted by atomic mass is 16.3. The Morgan fingerprint density at radius 2 is 2.31 bits per heavy atom. The van der Waals surface area contributed by atoms with Crippen molar-refractivity contribution in [3.05, 3.63) is 29.8 Å². The number of hydrogen-bond donors (Lipinski definition) is 1. The van der Waals surface area contributed by atoms with E-state index >= 15 is 0 Å². The molecule has 0 aromatic heterocycles. The van der Waals surface area contributed by atoms with Crippen LogP contribution < -0.4 is 4.90 Å². The highest BCUT2D eigenvalue weighted by molar-refractivity contribution is 5.95. The summed E-state index contributed by atoms with van der Waals surface area (Å²) in [6, 6.07) is 8.05. The van der Waals surface area contributed by atoms with Crippen molar-refractivity contribution in [2.24, 2.45) is 5.92 Å². The highest BCUT2D eigenvalue weighted by Gasteiger charge is 2.29. The second-order valence-corrected chi connectivity index (χ2v) is 4.28. The molecule has 0 bridgehead atoms. The van der Waals surface area contributed by atoms with Gasteiger partial charge >= 0.3 is 0 Å². The Morgan fingerprint density at radius 1 is 1.50 bits per heavy atom. The molecule has 1 saturated heterocycles. The maximum absolute atomic E-state index is 11.8. The molecule has 0 radical (unpaired) electrons. The van der Waals surface area contributed by atoms with Crippen LogP contribution in [0.25, 0.3) is 0 Å². The van der Waals surface area contributed by atoms with E-state index in [9.17, 15) is 4.79 Å². The lowest BCUT2D eigenvalue weighted by molar-refractivity contribution is -0.117. The zero-order chi connectivity index (χ0) is 11.5. The van der Waals surface area contributed by atoms with Crippen molar-refractivity contribution in [3.63, 3.8) is 0 Å². The van der Waals surface area contributed by atoms with Gasteiger partial charge in [-0.1, -0.05) is 19.1 Å². The van der Waals surface area contributed by atoms with Crippen molar-refractivity contribution < 1.29 is 9.90 Å². The highest BCUT2D eigenvalue weighted by Crippen LogP contribution is 2.25. The van der Waals surface area contributed by atoms with Gasteiger partial charge in [0.15, 0.2) is 0 Å². The van der Waals surface area contributed by atoms with Gasteiger partial charge in [-0.25, -0.2) is 0 Å². The Kier molecular flexibility index (Phi) is 3.25. The smallest absolute Gasteiger partial charge is 0.227 e. The van der Waals surface area contributed by atoms with E-state index in [-0.39, 0.29) is 18.4 Å². The zero-order valence-electron chi connectivity index (χ0n) is 9.52. The average molecular weight is 219 g/mol. The molecule has 3 nitrogen and oxygen atoms in total. The molecule has 1 aromatic rings. The monoisotopic (exact) mass is 219 g/mol. The second-order valence-electron chi connectivity index (χ2n) is 4.28. The molecular weight excluding hydrogens is 202 g/mol. The van der Waals surface area contributed by atoms with E-state index in [1.165, 1.54) is 5.56 Å². The number of carbonyl (C=O) groups excluding carboxylic acids is 1. The number of nitrogens with zero attached hydrogens (tertiary/aromatic N) is 1. The van der Waals surface area contributed by atoms with Crippen LogP contribution in [-0.2, 0) is 11.2 Å². The van der Waals surface area contributed by atoms with Gasteiger partial charge < -0.3 is 10.0 Å². The summed E-state index contributed by atoms with van der Waals surface area (Å²) in [7, 11) is 0. The lowest BCUT2D eigenvalue weighted by Crippen LogP contribution is -2.24. The van der Waals surface area contributed by atoms with Crippen molar-refractivity contribution in [2.75, 3.05) is 18.1 Å². The topological polar surface area (TPSA) is 40.5 Å². The summed E-state index contributed by atoms with van der Waals surface area (Å²) in [5.41, 5.74) is 2.19. The van der Waals surface area contributed by atoms with Gasteiger partial charge in [-0.2, -0.15) is 0 Å². The third-order valence-corrected chi connectivity index (χ3v) is 3.09. The Bertz CT molecular complexity index is 389. The Balaban J connectivity index is 2.20. The lowest BCUT2D eigenvalue weighted by atomic mass is 10.1. The van der Waals surface area contributed by atoms with Gasteiger partial charge in [0.2, 0.25) is 5.91 Å². The predicted octanol–water partition coefficient (Wildman–Crippen LogP) is 1.59. The number of aryl methyl sites for hydroxylation is 1. The summed E-state index contributed by atoms with van der Waals surface area (Å²) < 4.78 is 0. The van der Waals surface area contributed by atoms with Crippen LogP contribution in [-0.4, -0.2) is 24.2 Å². The van der Waals surface area contributed by atoms with Crippen LogP contribution in [0.4, 0.5) is 5.69 Å². The first-order chi connectivity index (χ1) is 7.74. The molecule has 0 spiro atoms. The third kappa shape index (κ3) is 2.09. The van der Waals surface area contributed by atoms with Crippen LogP contribution in [0.15, 0.2) is 24.3 Å². The van der Waals surface area contributed by atoms with Crippen LogP contribution in [0, 0.1) is 5.92 Å². The summed E-state index contributed by atoms with van der Waals surface area (Å²) in [4.78, 5) is 13.5. The van der Waals surface area contributed by atoms with E-state index in [0.717, 1.165) is 12.1 Å². The summed E-state index contributed by atoms with van der Waals surface area (Å²) in [6.07, 6.45) is 1.44. The third-order valence-electron chi connectivity index (χ3n) is 3.09. The summed E-state index contributed by atoms with van der Waals surface area (Å²) in [5, 5.41) is 9.07. The van der Waals surface area contributed by atoms with Crippen molar-refractivity contribution >= 4 is 11.6 Å². The summed E-state index contributed by atoms with van der Waals surface area (Å²) in [5.74, 6) is 0.213. The van der Waals surface area contributed by atoms with Gasteiger partial charge in [0.1, 0.15) is 0 Å². The Labute approximate surface area is 95.7 Å². The van der Waals surface area contributed by atoms with Gasteiger partial charge in [0.05, 0.1) is 0 Å². The lowest BCUT2D eigenvalue weighted by Gasteiger charge is -2.17. The van der Waals surface area contributed by atoms with Crippen LogP contribution in [0.1, 0.15) is 18.9 Å². The number of carbonyl (C=O) groups is 1. The first kappa shape index (κ1) is 11.1. The number of amides is 1. The largest absolute Gasteiger partial charge is 0.396 e. The number of hydrogen-bond acceptors (Lipinski definition) is 2. The minimum absolute atomic E-state index is 0.0930.